The summed E-state index contributed by atoms with van der Waals surface area (Å²) in [6, 6.07) is 10.9. The van der Waals surface area contributed by atoms with Gasteiger partial charge in [-0.3, -0.25) is 4.98 Å². The Morgan fingerprint density at radius 2 is 1.81 bits per heavy atom. The average Bonchev–Trinajstić information content (AvgIpc) is 3.18. The first-order valence-electron chi connectivity index (χ1n) is 6.91. The number of benzene rings is 1. The Morgan fingerprint density at radius 1 is 1.05 bits per heavy atom. The van der Waals surface area contributed by atoms with E-state index in [0.29, 0.717) is 0 Å². The van der Waals surface area contributed by atoms with Gasteiger partial charge in [0.05, 0.1) is 11.1 Å². The molecule has 0 atom stereocenters. The molecule has 1 aliphatic rings. The molecule has 0 radical (unpaired) electrons. The van der Waals surface area contributed by atoms with Crippen LogP contribution in [-0.4, -0.2) is 9.97 Å². The van der Waals surface area contributed by atoms with Crippen molar-refractivity contribution in [3.63, 3.8) is 0 Å². The number of halogens is 1. The second-order valence-corrected chi connectivity index (χ2v) is 6.19. The maximum Gasteiger partial charge on any atom is 0.127 e. The van der Waals surface area contributed by atoms with Crippen LogP contribution in [0.5, 0.6) is 0 Å². The summed E-state index contributed by atoms with van der Waals surface area (Å²) in [5, 5.41) is 3.06. The van der Waals surface area contributed by atoms with Gasteiger partial charge in [-0.2, -0.15) is 0 Å². The molecule has 3 aromatic rings. The molecule has 4 rings (SSSR count). The molecule has 0 unspecified atom stereocenters. The van der Waals surface area contributed by atoms with E-state index in [-0.39, 0.29) is 11.2 Å². The number of nitrogens with zero attached hydrogens (tertiary/aromatic N) is 2. The van der Waals surface area contributed by atoms with Crippen molar-refractivity contribution in [1.29, 1.82) is 0 Å². The van der Waals surface area contributed by atoms with Gasteiger partial charge in [0.25, 0.3) is 0 Å². The number of pyridine rings is 1. The Morgan fingerprint density at radius 3 is 2.52 bits per heavy atom. The number of thiazole rings is 1. The van der Waals surface area contributed by atoms with Crippen molar-refractivity contribution in [2.75, 3.05) is 0 Å². The molecule has 1 fully saturated rings. The third-order valence-corrected chi connectivity index (χ3v) is 5.08. The normalized spacial score (nSPS) is 15.9. The number of aromatic nitrogens is 2. The second-order valence-electron chi connectivity index (χ2n) is 5.34. The Balaban J connectivity index is 1.75. The van der Waals surface area contributed by atoms with Gasteiger partial charge in [0.2, 0.25) is 0 Å². The fourth-order valence-corrected chi connectivity index (χ4v) is 3.82. The monoisotopic (exact) mass is 296 g/mol. The topological polar surface area (TPSA) is 25.8 Å². The third-order valence-electron chi connectivity index (χ3n) is 4.03. The Hall–Kier alpha value is -2.07. The van der Waals surface area contributed by atoms with Crippen LogP contribution >= 0.6 is 11.3 Å². The highest BCUT2D eigenvalue weighted by Gasteiger charge is 2.49. The lowest BCUT2D eigenvalue weighted by Gasteiger charge is -2.13. The van der Waals surface area contributed by atoms with Gasteiger partial charge in [0.15, 0.2) is 0 Å². The zero-order valence-electron chi connectivity index (χ0n) is 11.3. The molecule has 0 spiro atoms. The average molecular weight is 296 g/mol. The van der Waals surface area contributed by atoms with Crippen LogP contribution in [-0.2, 0) is 5.41 Å². The van der Waals surface area contributed by atoms with Crippen LogP contribution in [0.3, 0.4) is 0 Å². The van der Waals surface area contributed by atoms with Crippen molar-refractivity contribution in [3.8, 4) is 11.3 Å². The maximum atomic E-state index is 14.1. The Bertz CT molecular complexity index is 778. The van der Waals surface area contributed by atoms with E-state index in [9.17, 15) is 4.39 Å². The number of hydrogen-bond donors (Lipinski definition) is 0. The summed E-state index contributed by atoms with van der Waals surface area (Å²) in [4.78, 5) is 8.78. The van der Waals surface area contributed by atoms with Crippen molar-refractivity contribution >= 4 is 11.3 Å². The largest absolute Gasteiger partial charge is 0.265 e. The predicted molar refractivity (Wildman–Crippen MR) is 81.8 cm³/mol. The van der Waals surface area contributed by atoms with Crippen molar-refractivity contribution in [3.05, 3.63) is 70.6 Å². The summed E-state index contributed by atoms with van der Waals surface area (Å²) < 4.78 is 14.1. The summed E-state index contributed by atoms with van der Waals surface area (Å²) >= 11 is 1.62. The molecule has 2 heterocycles. The van der Waals surface area contributed by atoms with Gasteiger partial charge in [-0.15, -0.1) is 11.3 Å². The minimum Gasteiger partial charge on any atom is -0.265 e. The molecule has 0 aliphatic heterocycles. The summed E-state index contributed by atoms with van der Waals surface area (Å²) in [5.74, 6) is -0.129. The molecule has 21 heavy (non-hydrogen) atoms. The van der Waals surface area contributed by atoms with Crippen LogP contribution in [0.15, 0.2) is 54.2 Å². The molecule has 1 aromatic carbocycles. The van der Waals surface area contributed by atoms with E-state index in [0.717, 1.165) is 34.7 Å². The number of hydrogen-bond acceptors (Lipinski definition) is 3. The zero-order chi connectivity index (χ0) is 14.3. The van der Waals surface area contributed by atoms with Crippen LogP contribution in [0, 0.1) is 5.82 Å². The molecular weight excluding hydrogens is 283 g/mol. The number of rotatable bonds is 3. The highest BCUT2D eigenvalue weighted by Crippen LogP contribution is 2.55. The molecule has 0 N–H and O–H groups in total. The highest BCUT2D eigenvalue weighted by atomic mass is 32.1. The van der Waals surface area contributed by atoms with Crippen LogP contribution < -0.4 is 0 Å². The third kappa shape index (κ3) is 2.07. The highest BCUT2D eigenvalue weighted by molar-refractivity contribution is 7.10. The van der Waals surface area contributed by atoms with Gasteiger partial charge in [-0.25, -0.2) is 9.37 Å². The standard InChI is InChI=1S/C17H13FN2S/c18-14-4-2-1-3-13(14)17(7-8-17)16-20-15(11-21-16)12-5-9-19-10-6-12/h1-6,9-11H,7-8H2. The first-order chi connectivity index (χ1) is 10.3. The lowest BCUT2D eigenvalue weighted by atomic mass is 9.96. The van der Waals surface area contributed by atoms with Gasteiger partial charge in [0.1, 0.15) is 10.8 Å². The Labute approximate surface area is 126 Å². The van der Waals surface area contributed by atoms with Crippen molar-refractivity contribution in [1.82, 2.24) is 9.97 Å². The van der Waals surface area contributed by atoms with E-state index in [4.69, 9.17) is 4.98 Å². The summed E-state index contributed by atoms with van der Waals surface area (Å²) in [5.41, 5.74) is 2.57. The molecule has 2 aromatic heterocycles. The van der Waals surface area contributed by atoms with Crippen molar-refractivity contribution < 1.29 is 4.39 Å². The zero-order valence-corrected chi connectivity index (χ0v) is 12.1. The van der Waals surface area contributed by atoms with Crippen LogP contribution in [0.1, 0.15) is 23.4 Å². The molecule has 1 saturated carbocycles. The van der Waals surface area contributed by atoms with Crippen LogP contribution in [0.25, 0.3) is 11.3 Å². The van der Waals surface area contributed by atoms with Crippen LogP contribution in [0.2, 0.25) is 0 Å². The summed E-state index contributed by atoms with van der Waals surface area (Å²) in [6.45, 7) is 0. The van der Waals surface area contributed by atoms with Crippen molar-refractivity contribution in [2.24, 2.45) is 0 Å². The van der Waals surface area contributed by atoms with Crippen LogP contribution in [0.4, 0.5) is 4.39 Å². The minimum absolute atomic E-state index is 0.129. The van der Waals surface area contributed by atoms with Gasteiger partial charge in [-0.05, 0) is 31.0 Å². The smallest absolute Gasteiger partial charge is 0.127 e. The summed E-state index contributed by atoms with van der Waals surface area (Å²) in [7, 11) is 0. The lowest BCUT2D eigenvalue weighted by molar-refractivity contribution is 0.593. The SMILES string of the molecule is Fc1ccccc1C1(c2nc(-c3ccncc3)cs2)CC1. The first kappa shape index (κ1) is 12.7. The minimum atomic E-state index is -0.207. The fourth-order valence-electron chi connectivity index (χ4n) is 2.72. The van der Waals surface area contributed by atoms with E-state index < -0.39 is 0 Å². The molecule has 1 aliphatic carbocycles. The molecule has 0 amide bonds. The van der Waals surface area contributed by atoms with Gasteiger partial charge in [-0.1, -0.05) is 18.2 Å². The van der Waals surface area contributed by atoms with E-state index >= 15 is 0 Å². The lowest BCUT2D eigenvalue weighted by Crippen LogP contribution is -2.10. The van der Waals surface area contributed by atoms with E-state index in [2.05, 4.69) is 4.98 Å². The van der Waals surface area contributed by atoms with E-state index in [1.165, 1.54) is 6.07 Å². The maximum absolute atomic E-state index is 14.1. The Kier molecular flexibility index (Phi) is 2.86. The van der Waals surface area contributed by atoms with Crippen molar-refractivity contribution in [2.45, 2.75) is 18.3 Å². The molecule has 0 saturated heterocycles. The second kappa shape index (κ2) is 4.74. The van der Waals surface area contributed by atoms with Gasteiger partial charge in [0, 0.05) is 28.9 Å². The first-order valence-corrected chi connectivity index (χ1v) is 7.79. The van der Waals surface area contributed by atoms with E-state index in [1.54, 1.807) is 29.8 Å². The molecule has 0 bridgehead atoms. The predicted octanol–water partition coefficient (Wildman–Crippen LogP) is 4.42. The fraction of sp³-hybridized carbons (Fsp3) is 0.176. The van der Waals surface area contributed by atoms with E-state index in [1.807, 2.05) is 29.6 Å². The quantitative estimate of drug-likeness (QED) is 0.715. The van der Waals surface area contributed by atoms with Gasteiger partial charge < -0.3 is 0 Å². The molecule has 4 heteroatoms. The molecular formula is C17H13FN2S. The summed E-state index contributed by atoms with van der Waals surface area (Å²) in [6.07, 6.45) is 5.46. The molecule has 104 valence electrons. The van der Waals surface area contributed by atoms with Gasteiger partial charge >= 0.3 is 0 Å². The molecule has 2 nitrogen and oxygen atoms in total.